The molecule has 1 aliphatic rings. The molecule has 6 rings (SSSR count). The Bertz CT molecular complexity index is 1650. The van der Waals surface area contributed by atoms with Gasteiger partial charge in [0.2, 0.25) is 0 Å². The maximum absolute atomic E-state index is 13.6. The topological polar surface area (TPSA) is 95.8 Å². The van der Waals surface area contributed by atoms with E-state index in [0.717, 1.165) is 58.9 Å². The lowest BCUT2D eigenvalue weighted by Gasteiger charge is -2.39. The van der Waals surface area contributed by atoms with Crippen LogP contribution < -0.4 is 10.5 Å². The van der Waals surface area contributed by atoms with Gasteiger partial charge in [0.1, 0.15) is 6.04 Å². The molecule has 0 amide bonds. The fraction of sp³-hybridized carbons (Fsp3) is 0.393. The lowest BCUT2D eigenvalue weighted by molar-refractivity contribution is 0.190. The summed E-state index contributed by atoms with van der Waals surface area (Å²) in [5, 5.41) is 14.9. The Hall–Kier alpha value is -3.63. The molecule has 3 aromatic heterocycles. The maximum Gasteiger partial charge on any atom is 0.253 e. The number of aryl methyl sites for hydroxylation is 2. The van der Waals surface area contributed by atoms with Gasteiger partial charge in [-0.15, -0.1) is 5.10 Å². The van der Waals surface area contributed by atoms with E-state index in [1.807, 2.05) is 29.8 Å². The number of hydrogen-bond acceptors (Lipinski definition) is 8. The highest BCUT2D eigenvalue weighted by molar-refractivity contribution is 7.22. The fourth-order valence-electron chi connectivity index (χ4n) is 5.40. The van der Waals surface area contributed by atoms with Crippen molar-refractivity contribution in [3.05, 3.63) is 75.3 Å². The van der Waals surface area contributed by atoms with Crippen LogP contribution in [0.15, 0.2) is 47.3 Å². The van der Waals surface area contributed by atoms with Gasteiger partial charge in [-0.05, 0) is 80.4 Å². The molecular formula is C28H32N8OS. The number of aromatic nitrogens is 6. The molecule has 0 radical (unpaired) electrons. The molecule has 10 heteroatoms. The van der Waals surface area contributed by atoms with Crippen molar-refractivity contribution in [2.75, 3.05) is 31.1 Å². The van der Waals surface area contributed by atoms with E-state index >= 15 is 0 Å². The van der Waals surface area contributed by atoms with E-state index < -0.39 is 0 Å². The number of nitrogens with zero attached hydrogens (tertiary/aromatic N) is 7. The maximum atomic E-state index is 13.6. The van der Waals surface area contributed by atoms with Crippen LogP contribution in [0.25, 0.3) is 21.1 Å². The summed E-state index contributed by atoms with van der Waals surface area (Å²) >= 11 is 1.72. The van der Waals surface area contributed by atoms with E-state index in [4.69, 9.17) is 4.98 Å². The summed E-state index contributed by atoms with van der Waals surface area (Å²) in [4.78, 5) is 26.3. The SMILES string of the molecule is Cc1cc(C)c2cc([C@H](c3nnnn3C(C)(C)C)N3CCN(c4nc5ccccc5s4)CC3)c(=O)[nH]c2c1. The molecule has 0 bridgehead atoms. The molecule has 0 spiro atoms. The second-order valence-electron chi connectivity index (χ2n) is 11.1. The smallest absolute Gasteiger partial charge is 0.253 e. The summed E-state index contributed by atoms with van der Waals surface area (Å²) in [5.74, 6) is 0.681. The number of para-hydroxylation sites is 1. The molecule has 5 aromatic rings. The molecule has 38 heavy (non-hydrogen) atoms. The van der Waals surface area contributed by atoms with Gasteiger partial charge in [0.25, 0.3) is 5.56 Å². The van der Waals surface area contributed by atoms with Gasteiger partial charge >= 0.3 is 0 Å². The molecule has 1 aliphatic heterocycles. The van der Waals surface area contributed by atoms with Crippen molar-refractivity contribution in [2.24, 2.45) is 0 Å². The number of rotatable bonds is 4. The molecule has 1 fully saturated rings. The Morgan fingerprint density at radius 3 is 2.53 bits per heavy atom. The first-order valence-electron chi connectivity index (χ1n) is 13.0. The summed E-state index contributed by atoms with van der Waals surface area (Å²) in [5.41, 5.74) is 4.36. The average molecular weight is 529 g/mol. The van der Waals surface area contributed by atoms with E-state index in [9.17, 15) is 4.79 Å². The van der Waals surface area contributed by atoms with Gasteiger partial charge < -0.3 is 9.88 Å². The quantitative estimate of drug-likeness (QED) is 0.369. The Labute approximate surface area is 225 Å². The zero-order valence-corrected chi connectivity index (χ0v) is 23.2. The van der Waals surface area contributed by atoms with E-state index in [1.54, 1.807) is 11.3 Å². The lowest BCUT2D eigenvalue weighted by atomic mass is 9.99. The molecule has 2 aromatic carbocycles. The number of benzene rings is 2. The number of nitrogens with one attached hydrogen (secondary N) is 1. The normalized spacial score (nSPS) is 16.0. The van der Waals surface area contributed by atoms with Crippen molar-refractivity contribution in [3.63, 3.8) is 0 Å². The number of aromatic amines is 1. The Morgan fingerprint density at radius 2 is 1.79 bits per heavy atom. The number of H-pyrrole nitrogens is 1. The number of thiazole rings is 1. The lowest BCUT2D eigenvalue weighted by Crippen LogP contribution is -2.49. The summed E-state index contributed by atoms with van der Waals surface area (Å²) < 4.78 is 3.05. The van der Waals surface area contributed by atoms with Crippen molar-refractivity contribution in [3.8, 4) is 0 Å². The zero-order chi connectivity index (χ0) is 26.6. The third-order valence-electron chi connectivity index (χ3n) is 7.24. The number of fused-ring (bicyclic) bond motifs is 2. The van der Waals surface area contributed by atoms with Gasteiger partial charge in [0, 0.05) is 42.6 Å². The van der Waals surface area contributed by atoms with E-state index in [2.05, 4.69) is 82.3 Å². The molecule has 0 aliphatic carbocycles. The predicted molar refractivity (Wildman–Crippen MR) is 152 cm³/mol. The Morgan fingerprint density at radius 1 is 1.03 bits per heavy atom. The van der Waals surface area contributed by atoms with E-state index in [-0.39, 0.29) is 17.1 Å². The minimum Gasteiger partial charge on any atom is -0.345 e. The number of tetrazole rings is 1. The highest BCUT2D eigenvalue weighted by Crippen LogP contribution is 2.33. The first kappa shape index (κ1) is 24.7. The second kappa shape index (κ2) is 9.28. The number of piperazine rings is 1. The molecule has 1 N–H and O–H groups in total. The van der Waals surface area contributed by atoms with Crippen LogP contribution in [0.1, 0.15) is 49.3 Å². The van der Waals surface area contributed by atoms with Crippen LogP contribution >= 0.6 is 11.3 Å². The third-order valence-corrected chi connectivity index (χ3v) is 8.34. The van der Waals surface area contributed by atoms with Crippen LogP contribution in [0.4, 0.5) is 5.13 Å². The van der Waals surface area contributed by atoms with Gasteiger partial charge in [-0.2, -0.15) is 0 Å². The van der Waals surface area contributed by atoms with Crippen LogP contribution in [0.2, 0.25) is 0 Å². The molecule has 1 atom stereocenters. The first-order valence-corrected chi connectivity index (χ1v) is 13.8. The number of pyridine rings is 1. The van der Waals surface area contributed by atoms with Gasteiger partial charge in [-0.25, -0.2) is 9.67 Å². The van der Waals surface area contributed by atoms with Crippen LogP contribution in [0.3, 0.4) is 0 Å². The molecule has 4 heterocycles. The Kier molecular flexibility index (Phi) is 6.03. The minimum atomic E-state index is -0.379. The van der Waals surface area contributed by atoms with Crippen LogP contribution in [0, 0.1) is 13.8 Å². The highest BCUT2D eigenvalue weighted by Gasteiger charge is 2.35. The van der Waals surface area contributed by atoms with Crippen molar-refractivity contribution in [2.45, 2.75) is 46.2 Å². The van der Waals surface area contributed by atoms with E-state index in [1.165, 1.54) is 4.70 Å². The third kappa shape index (κ3) is 4.37. The summed E-state index contributed by atoms with van der Waals surface area (Å²) in [6, 6.07) is 14.1. The first-order chi connectivity index (χ1) is 18.2. The van der Waals surface area contributed by atoms with Crippen molar-refractivity contribution >= 4 is 37.6 Å². The van der Waals surface area contributed by atoms with E-state index in [0.29, 0.717) is 11.4 Å². The molecule has 1 saturated heterocycles. The minimum absolute atomic E-state index is 0.107. The van der Waals surface area contributed by atoms with Crippen LogP contribution in [0.5, 0.6) is 0 Å². The molecule has 0 unspecified atom stereocenters. The summed E-state index contributed by atoms with van der Waals surface area (Å²) in [6.45, 7) is 13.5. The molecular weight excluding hydrogens is 496 g/mol. The van der Waals surface area contributed by atoms with Crippen LogP contribution in [-0.4, -0.2) is 61.3 Å². The summed E-state index contributed by atoms with van der Waals surface area (Å²) in [7, 11) is 0. The monoisotopic (exact) mass is 528 g/mol. The largest absolute Gasteiger partial charge is 0.345 e. The van der Waals surface area contributed by atoms with Gasteiger partial charge in [0.15, 0.2) is 11.0 Å². The van der Waals surface area contributed by atoms with Crippen molar-refractivity contribution in [1.29, 1.82) is 0 Å². The van der Waals surface area contributed by atoms with Crippen molar-refractivity contribution in [1.82, 2.24) is 35.1 Å². The van der Waals surface area contributed by atoms with Crippen molar-refractivity contribution < 1.29 is 0 Å². The molecule has 196 valence electrons. The number of hydrogen-bond donors (Lipinski definition) is 1. The molecule has 0 saturated carbocycles. The van der Waals surface area contributed by atoms with Gasteiger partial charge in [0.05, 0.1) is 15.8 Å². The highest BCUT2D eigenvalue weighted by atomic mass is 32.1. The second-order valence-corrected chi connectivity index (χ2v) is 12.1. The molecule has 9 nitrogen and oxygen atoms in total. The predicted octanol–water partition coefficient (Wildman–Crippen LogP) is 4.41. The van der Waals surface area contributed by atoms with Crippen LogP contribution in [-0.2, 0) is 5.54 Å². The number of anilines is 1. The zero-order valence-electron chi connectivity index (χ0n) is 22.4. The standard InChI is InChI=1S/C28H32N8OS/c1-17-14-18(2)19-16-20(26(37)29-22(19)15-17)24(25-31-32-33-36(25)28(3,4)5)34-10-12-35(13-11-34)27-30-21-8-6-7-9-23(21)38-27/h6-9,14-16,24H,10-13H2,1-5H3,(H,29,37)/t24-/m1/s1. The van der Waals surface area contributed by atoms with Gasteiger partial charge in [-0.3, -0.25) is 9.69 Å². The Balaban J connectivity index is 1.40. The fourth-order valence-corrected chi connectivity index (χ4v) is 6.42. The van der Waals surface area contributed by atoms with Gasteiger partial charge in [-0.1, -0.05) is 29.5 Å². The summed E-state index contributed by atoms with van der Waals surface area (Å²) in [6.07, 6.45) is 0. The average Bonchev–Trinajstić information content (AvgIpc) is 3.53.